The Labute approximate surface area is 417 Å². The average Bonchev–Trinajstić information content (AvgIpc) is 3.89. The molecule has 0 amide bonds. The minimum atomic E-state index is -1.26. The van der Waals surface area contributed by atoms with Crippen LogP contribution < -0.4 is 0 Å². The Hall–Kier alpha value is -4.03. The normalized spacial score (nSPS) is 38.0. The lowest BCUT2D eigenvalue weighted by atomic mass is 9.79. The molecule has 6 rings (SSSR count). The number of ether oxygens (including phenoxy) is 9. The van der Waals surface area contributed by atoms with Gasteiger partial charge in [-0.25, -0.2) is 9.67 Å². The number of oxime groups is 1. The molecular formula is C51H77N5O15. The van der Waals surface area contributed by atoms with Crippen LogP contribution in [0.3, 0.4) is 0 Å². The Bertz CT molecular complexity index is 2050. The molecule has 4 aliphatic heterocycles. The molecule has 6 heterocycles. The Morgan fingerprint density at radius 2 is 1.68 bits per heavy atom. The number of nitrogens with zero attached hydrogens (tertiary/aromatic N) is 5. The van der Waals surface area contributed by atoms with Crippen molar-refractivity contribution in [3.05, 3.63) is 66.2 Å². The fourth-order valence-corrected chi connectivity index (χ4v) is 9.85. The molecule has 0 radical (unpaired) electrons. The number of hydrogen-bond acceptors (Lipinski definition) is 19. The number of ketones is 1. The number of hydrogen-bond donors (Lipinski definition) is 3. The van der Waals surface area contributed by atoms with Gasteiger partial charge >= 0.3 is 5.97 Å². The number of carbonyl (C=O) groups is 2. The maximum Gasteiger partial charge on any atom is 0.308 e. The summed E-state index contributed by atoms with van der Waals surface area (Å²) in [5.74, 6) is -1.99. The van der Waals surface area contributed by atoms with Crippen LogP contribution in [0.15, 0.2) is 65.7 Å². The standard InChI is InChI=1S/C51H77N5O15/c1-11-39-36(26-66-51-49(63-10)48(62-9)45(60)33(6)69-51)21-29(2)13-15-38(57)30(3)22-35-17-20-64-27-37(54-67-25-34-14-16-41(52-24-34)56-19-12-18-53-56)28-65-40(23-42(58)70-39)31(4)47(35)71-50-46(61)43(55(7)8)44(59)32(5)68-50/h12-16,18-19,21,24,30-33,35-36,39-40,43-51,59-61H,11,17,20,22-23,25-28H2,1-10H3/b15-13+,29-21+,54-37?/t30-,31+,32-,33-,35+,36-,39-,40-,43+,44-,45-,46-,47-,48-,49-,50?,51?/m1/s1. The van der Waals surface area contributed by atoms with Crippen LogP contribution in [0.4, 0.5) is 0 Å². The second kappa shape index (κ2) is 26.8. The van der Waals surface area contributed by atoms with E-state index >= 15 is 0 Å². The summed E-state index contributed by atoms with van der Waals surface area (Å²) in [6.07, 6.45) is 0.851. The van der Waals surface area contributed by atoms with Crippen LogP contribution in [0.2, 0.25) is 0 Å². The van der Waals surface area contributed by atoms with E-state index < -0.39 is 103 Å². The number of carbonyl (C=O) groups excluding carboxylic acids is 2. The van der Waals surface area contributed by atoms with E-state index in [1.54, 1.807) is 68.3 Å². The van der Waals surface area contributed by atoms with Crippen molar-refractivity contribution in [3.8, 4) is 5.82 Å². The van der Waals surface area contributed by atoms with Gasteiger partial charge in [0.05, 0.1) is 62.8 Å². The highest BCUT2D eigenvalue weighted by molar-refractivity contribution is 5.91. The molecule has 20 nitrogen and oxygen atoms in total. The number of methoxy groups -OCH3 is 2. The van der Waals surface area contributed by atoms with E-state index in [0.717, 1.165) is 11.1 Å². The maximum absolute atomic E-state index is 14.5. The second-order valence-electron chi connectivity index (χ2n) is 19.5. The third-order valence-corrected chi connectivity index (χ3v) is 14.0. The van der Waals surface area contributed by atoms with Gasteiger partial charge in [-0.1, -0.05) is 49.7 Å². The van der Waals surface area contributed by atoms with Crippen LogP contribution in [0.25, 0.3) is 5.82 Å². The van der Waals surface area contributed by atoms with Gasteiger partial charge in [-0.15, -0.1) is 0 Å². The number of esters is 1. The van der Waals surface area contributed by atoms with Gasteiger partial charge in [0.2, 0.25) is 0 Å². The molecular weight excluding hydrogens is 923 g/mol. The van der Waals surface area contributed by atoms with E-state index in [4.69, 9.17) is 47.5 Å². The molecule has 396 valence electrons. The summed E-state index contributed by atoms with van der Waals surface area (Å²) in [5.41, 5.74) is 1.94. The summed E-state index contributed by atoms with van der Waals surface area (Å²) in [7, 11) is 6.51. The first kappa shape index (κ1) is 56.3. The molecule has 71 heavy (non-hydrogen) atoms. The van der Waals surface area contributed by atoms with Crippen LogP contribution in [-0.2, 0) is 63.7 Å². The number of aliphatic hydroxyl groups is 3. The van der Waals surface area contributed by atoms with Gasteiger partial charge in [0.25, 0.3) is 0 Å². The molecule has 17 atom stereocenters. The first-order valence-corrected chi connectivity index (χ1v) is 24.8. The van der Waals surface area contributed by atoms with E-state index in [2.05, 4.69) is 15.2 Å². The van der Waals surface area contributed by atoms with Crippen molar-refractivity contribution in [1.29, 1.82) is 0 Å². The number of rotatable bonds is 13. The van der Waals surface area contributed by atoms with Crippen molar-refractivity contribution in [2.75, 3.05) is 54.7 Å². The van der Waals surface area contributed by atoms with Gasteiger partial charge in [-0.2, -0.15) is 5.10 Å². The predicted molar refractivity (Wildman–Crippen MR) is 258 cm³/mol. The summed E-state index contributed by atoms with van der Waals surface area (Å²) < 4.78 is 57.8. The molecule has 20 heteroatoms. The van der Waals surface area contributed by atoms with Crippen molar-refractivity contribution in [2.24, 2.45) is 28.8 Å². The van der Waals surface area contributed by atoms with Crippen LogP contribution in [0.5, 0.6) is 0 Å². The molecule has 4 aliphatic rings. The lowest BCUT2D eigenvalue weighted by Crippen LogP contribution is -2.63. The summed E-state index contributed by atoms with van der Waals surface area (Å²) in [5, 5.41) is 42.3. The first-order valence-electron chi connectivity index (χ1n) is 24.8. The number of likely N-dealkylation sites (N-methyl/N-ethyl adjacent to an activating group) is 1. The van der Waals surface area contributed by atoms with Gasteiger partial charge in [-0.05, 0) is 78.3 Å². The number of fused-ring (bicyclic) bond motifs is 3. The fourth-order valence-electron chi connectivity index (χ4n) is 9.85. The second-order valence-corrected chi connectivity index (χ2v) is 19.5. The zero-order valence-electron chi connectivity index (χ0n) is 42.9. The van der Waals surface area contributed by atoms with Crippen molar-refractivity contribution >= 4 is 17.5 Å². The Kier molecular flexibility index (Phi) is 21.2. The quantitative estimate of drug-likeness (QED) is 0.192. The van der Waals surface area contributed by atoms with Gasteiger partial charge < -0.3 is 67.7 Å². The summed E-state index contributed by atoms with van der Waals surface area (Å²) in [6.45, 7) is 11.3. The van der Waals surface area contributed by atoms with E-state index in [-0.39, 0.29) is 51.2 Å². The zero-order chi connectivity index (χ0) is 51.4. The largest absolute Gasteiger partial charge is 0.462 e. The SMILES string of the molecule is CC[C@H]1OC(=O)C[C@H]2OCC(=NOCc3ccc(-n4cccn4)nc3)COCC[C@@H](C[C@@H](C)C(=O)/C=C/C(C)=C/[C@@H]1COC1O[C@H](C)[C@@H](O)[C@@H](OC)[C@H]1OC)[C@H](OC1O[C@H](C)[C@@H](O)[C@H](N(C)C)[C@H]1O)[C@H]2C. The van der Waals surface area contributed by atoms with Gasteiger partial charge in [-0.3, -0.25) is 9.59 Å². The lowest BCUT2D eigenvalue weighted by Gasteiger charge is -2.47. The number of pyridine rings is 1. The molecule has 2 aromatic rings. The predicted octanol–water partition coefficient (Wildman–Crippen LogP) is 3.57. The smallest absolute Gasteiger partial charge is 0.308 e. The molecule has 3 saturated heterocycles. The molecule has 0 aromatic carbocycles. The maximum atomic E-state index is 14.5. The Morgan fingerprint density at radius 1 is 0.930 bits per heavy atom. The summed E-state index contributed by atoms with van der Waals surface area (Å²) in [6, 6.07) is 4.80. The van der Waals surface area contributed by atoms with Gasteiger partial charge in [0, 0.05) is 62.7 Å². The molecule has 0 spiro atoms. The van der Waals surface area contributed by atoms with E-state index in [1.807, 2.05) is 52.0 Å². The van der Waals surface area contributed by atoms with Crippen molar-refractivity contribution in [3.63, 3.8) is 0 Å². The van der Waals surface area contributed by atoms with E-state index in [1.165, 1.54) is 14.2 Å². The van der Waals surface area contributed by atoms with E-state index in [9.17, 15) is 24.9 Å². The molecule has 3 fully saturated rings. The monoisotopic (exact) mass is 1000 g/mol. The minimum Gasteiger partial charge on any atom is -0.462 e. The first-order chi connectivity index (χ1) is 34.0. The third kappa shape index (κ3) is 14.8. The number of aromatic nitrogens is 3. The fraction of sp³-hybridized carbons (Fsp3) is 0.706. The number of allylic oxidation sites excluding steroid dienone is 3. The molecule has 0 aliphatic carbocycles. The molecule has 2 bridgehead atoms. The van der Waals surface area contributed by atoms with Crippen LogP contribution in [0.1, 0.15) is 72.8 Å². The highest BCUT2D eigenvalue weighted by Gasteiger charge is 2.48. The van der Waals surface area contributed by atoms with Crippen LogP contribution in [0, 0.1) is 23.7 Å². The topological polar surface area (TPSA) is 233 Å². The number of aliphatic hydroxyl groups excluding tert-OH is 3. The lowest BCUT2D eigenvalue weighted by molar-refractivity contribution is -0.305. The van der Waals surface area contributed by atoms with E-state index in [0.29, 0.717) is 30.8 Å². The Morgan fingerprint density at radius 3 is 2.35 bits per heavy atom. The third-order valence-electron chi connectivity index (χ3n) is 14.0. The molecule has 0 saturated carbocycles. The van der Waals surface area contributed by atoms with Crippen LogP contribution in [-0.4, -0.2) is 187 Å². The molecule has 2 unspecified atom stereocenters. The average molecular weight is 1000 g/mol. The van der Waals surface area contributed by atoms with Gasteiger partial charge in [0.15, 0.2) is 24.2 Å². The van der Waals surface area contributed by atoms with Crippen molar-refractivity contribution < 1.29 is 72.4 Å². The van der Waals surface area contributed by atoms with Gasteiger partial charge in [0.1, 0.15) is 42.8 Å². The van der Waals surface area contributed by atoms with Crippen molar-refractivity contribution in [1.82, 2.24) is 19.7 Å². The summed E-state index contributed by atoms with van der Waals surface area (Å²) >= 11 is 0. The highest BCUT2D eigenvalue weighted by Crippen LogP contribution is 2.36. The number of cyclic esters (lactones) is 1. The van der Waals surface area contributed by atoms with Crippen molar-refractivity contribution in [2.45, 2.75) is 153 Å². The highest BCUT2D eigenvalue weighted by atomic mass is 16.7. The Balaban J connectivity index is 1.32. The van der Waals surface area contributed by atoms with Crippen LogP contribution >= 0.6 is 0 Å². The summed E-state index contributed by atoms with van der Waals surface area (Å²) in [4.78, 5) is 40.6. The molecule has 3 N–H and O–H groups in total. The zero-order valence-corrected chi connectivity index (χ0v) is 42.9. The minimum absolute atomic E-state index is 0.0220. The molecule has 2 aromatic heterocycles.